The van der Waals surface area contributed by atoms with Gasteiger partial charge in [-0.15, -0.1) is 0 Å². The summed E-state index contributed by atoms with van der Waals surface area (Å²) in [5, 5.41) is 0. The van der Waals surface area contributed by atoms with Gasteiger partial charge in [0.1, 0.15) is 0 Å². The highest BCUT2D eigenvalue weighted by atomic mass is 32.2. The zero-order valence-electron chi connectivity index (χ0n) is 16.5. The Labute approximate surface area is 161 Å². The van der Waals surface area contributed by atoms with Gasteiger partial charge in [0.05, 0.1) is 10.8 Å². The normalized spacial score (nSPS) is 20.4. The molecule has 148 valence electrons. The van der Waals surface area contributed by atoms with Crippen LogP contribution < -0.4 is 4.72 Å². The minimum absolute atomic E-state index is 0.108. The van der Waals surface area contributed by atoms with E-state index in [1.54, 1.807) is 18.7 Å². The third-order valence-corrected chi connectivity index (χ3v) is 7.45. The smallest absolute Gasteiger partial charge is 0.264 e. The van der Waals surface area contributed by atoms with Crippen LogP contribution in [0.15, 0.2) is 11.0 Å². The first kappa shape index (κ1) is 19.9. The first-order valence-corrected chi connectivity index (χ1v) is 11.0. The molecule has 0 bridgehead atoms. The second kappa shape index (κ2) is 7.26. The number of nitrogens with zero attached hydrogens (tertiary/aromatic N) is 1. The van der Waals surface area contributed by atoms with E-state index in [0.717, 1.165) is 30.4 Å². The molecular formula is C20H28N2O4S. The molecular weight excluding hydrogens is 364 g/mol. The Balaban J connectivity index is 1.78. The van der Waals surface area contributed by atoms with E-state index in [2.05, 4.69) is 4.72 Å². The van der Waals surface area contributed by atoms with Gasteiger partial charge in [0.15, 0.2) is 0 Å². The van der Waals surface area contributed by atoms with Gasteiger partial charge in [-0.2, -0.15) is 0 Å². The maximum Gasteiger partial charge on any atom is 0.264 e. The van der Waals surface area contributed by atoms with Gasteiger partial charge >= 0.3 is 0 Å². The highest BCUT2D eigenvalue weighted by Gasteiger charge is 2.37. The first-order chi connectivity index (χ1) is 12.6. The van der Waals surface area contributed by atoms with Crippen LogP contribution in [0.25, 0.3) is 0 Å². The van der Waals surface area contributed by atoms with Crippen molar-refractivity contribution in [3.05, 3.63) is 28.3 Å². The molecule has 1 heterocycles. The Kier molecular flexibility index (Phi) is 5.34. The van der Waals surface area contributed by atoms with Gasteiger partial charge in [-0.25, -0.2) is 13.1 Å². The van der Waals surface area contributed by atoms with Gasteiger partial charge in [-0.3, -0.25) is 9.59 Å². The van der Waals surface area contributed by atoms with Crippen molar-refractivity contribution in [2.24, 2.45) is 11.8 Å². The highest BCUT2D eigenvalue weighted by molar-refractivity contribution is 7.90. The number of hydrogen-bond acceptors (Lipinski definition) is 4. The van der Waals surface area contributed by atoms with Crippen molar-refractivity contribution in [1.29, 1.82) is 0 Å². The summed E-state index contributed by atoms with van der Waals surface area (Å²) in [6.07, 6.45) is 3.16. The molecule has 1 aromatic carbocycles. The van der Waals surface area contributed by atoms with Crippen molar-refractivity contribution in [2.45, 2.75) is 58.3 Å². The Morgan fingerprint density at radius 1 is 1.00 bits per heavy atom. The van der Waals surface area contributed by atoms with Crippen LogP contribution in [0, 0.1) is 39.5 Å². The van der Waals surface area contributed by atoms with Crippen LogP contribution in [0.5, 0.6) is 0 Å². The number of sulfonamides is 1. The molecule has 2 amide bonds. The number of benzene rings is 1. The van der Waals surface area contributed by atoms with Gasteiger partial charge in [-0.05, 0) is 75.6 Å². The predicted octanol–water partition coefficient (Wildman–Crippen LogP) is 2.37. The molecule has 1 aliphatic heterocycles. The van der Waals surface area contributed by atoms with Gasteiger partial charge in [-0.1, -0.05) is 6.07 Å². The molecule has 0 aromatic heterocycles. The van der Waals surface area contributed by atoms with Crippen LogP contribution in [-0.4, -0.2) is 38.2 Å². The fraction of sp³-hybridized carbons (Fsp3) is 0.600. The number of nitrogens with one attached hydrogen (secondary N) is 1. The van der Waals surface area contributed by atoms with E-state index in [-0.39, 0.29) is 16.7 Å². The molecule has 1 N–H and O–H groups in total. The number of rotatable bonds is 4. The average Bonchev–Trinajstić information content (AvgIpc) is 3.44. The predicted molar refractivity (Wildman–Crippen MR) is 103 cm³/mol. The van der Waals surface area contributed by atoms with E-state index >= 15 is 0 Å². The molecule has 1 saturated carbocycles. The molecule has 1 unspecified atom stereocenters. The third-order valence-electron chi connectivity index (χ3n) is 5.83. The molecule has 2 fully saturated rings. The molecule has 1 atom stereocenters. The van der Waals surface area contributed by atoms with Gasteiger partial charge < -0.3 is 4.90 Å². The fourth-order valence-electron chi connectivity index (χ4n) is 3.83. The Morgan fingerprint density at radius 3 is 2.15 bits per heavy atom. The van der Waals surface area contributed by atoms with Gasteiger partial charge in [0.2, 0.25) is 11.8 Å². The summed E-state index contributed by atoms with van der Waals surface area (Å²) < 4.78 is 28.2. The lowest BCUT2D eigenvalue weighted by Gasteiger charge is -2.32. The monoisotopic (exact) mass is 392 g/mol. The van der Waals surface area contributed by atoms with E-state index in [4.69, 9.17) is 0 Å². The number of piperidine rings is 1. The molecule has 1 saturated heterocycles. The largest absolute Gasteiger partial charge is 0.342 e. The quantitative estimate of drug-likeness (QED) is 0.853. The van der Waals surface area contributed by atoms with Gasteiger partial charge in [0, 0.05) is 19.0 Å². The SMILES string of the molecule is Cc1cc(C)c(C)c(S(=O)(=O)NC(=O)C2CCCN(C(=O)C3CC3)C2)c1C. The summed E-state index contributed by atoms with van der Waals surface area (Å²) in [5.41, 5.74) is 3.08. The maximum absolute atomic E-state index is 13.0. The number of hydrogen-bond donors (Lipinski definition) is 1. The topological polar surface area (TPSA) is 83.6 Å². The summed E-state index contributed by atoms with van der Waals surface area (Å²) in [5.74, 6) is -0.781. The summed E-state index contributed by atoms with van der Waals surface area (Å²) in [6.45, 7) is 8.22. The van der Waals surface area contributed by atoms with E-state index in [1.807, 2.05) is 19.9 Å². The molecule has 0 radical (unpaired) electrons. The van der Waals surface area contributed by atoms with Crippen molar-refractivity contribution < 1.29 is 18.0 Å². The van der Waals surface area contributed by atoms with Crippen molar-refractivity contribution in [3.63, 3.8) is 0 Å². The van der Waals surface area contributed by atoms with Gasteiger partial charge in [0.25, 0.3) is 10.0 Å². The number of aryl methyl sites for hydroxylation is 2. The summed E-state index contributed by atoms with van der Waals surface area (Å²) in [7, 11) is -3.96. The van der Waals surface area contributed by atoms with Crippen LogP contribution in [-0.2, 0) is 19.6 Å². The molecule has 1 aromatic rings. The molecule has 1 aliphatic carbocycles. The summed E-state index contributed by atoms with van der Waals surface area (Å²) in [6, 6.07) is 1.95. The van der Waals surface area contributed by atoms with Crippen molar-refractivity contribution in [1.82, 2.24) is 9.62 Å². The van der Waals surface area contributed by atoms with Crippen molar-refractivity contribution in [3.8, 4) is 0 Å². The van der Waals surface area contributed by atoms with E-state index in [0.29, 0.717) is 30.6 Å². The van der Waals surface area contributed by atoms with Crippen LogP contribution in [0.3, 0.4) is 0 Å². The minimum Gasteiger partial charge on any atom is -0.342 e. The first-order valence-electron chi connectivity index (χ1n) is 9.54. The van der Waals surface area contributed by atoms with Crippen LogP contribution in [0.4, 0.5) is 0 Å². The van der Waals surface area contributed by atoms with Crippen molar-refractivity contribution in [2.75, 3.05) is 13.1 Å². The molecule has 6 nitrogen and oxygen atoms in total. The van der Waals surface area contributed by atoms with Crippen LogP contribution in [0.1, 0.15) is 47.9 Å². The second-order valence-electron chi connectivity index (χ2n) is 7.96. The molecule has 7 heteroatoms. The Morgan fingerprint density at radius 2 is 1.59 bits per heavy atom. The zero-order chi connectivity index (χ0) is 19.9. The molecule has 2 aliphatic rings. The lowest BCUT2D eigenvalue weighted by molar-refractivity contribution is -0.136. The number of carbonyl (C=O) groups excluding carboxylic acids is 2. The maximum atomic E-state index is 13.0. The summed E-state index contributed by atoms with van der Waals surface area (Å²) in [4.78, 5) is 26.9. The van der Waals surface area contributed by atoms with E-state index in [9.17, 15) is 18.0 Å². The summed E-state index contributed by atoms with van der Waals surface area (Å²) >= 11 is 0. The lowest BCUT2D eigenvalue weighted by Crippen LogP contribution is -2.47. The number of carbonyl (C=O) groups is 2. The molecule has 0 spiro atoms. The zero-order valence-corrected chi connectivity index (χ0v) is 17.3. The van der Waals surface area contributed by atoms with E-state index < -0.39 is 21.8 Å². The van der Waals surface area contributed by atoms with Crippen LogP contribution in [0.2, 0.25) is 0 Å². The Bertz CT molecular complexity index is 861. The van der Waals surface area contributed by atoms with Crippen LogP contribution >= 0.6 is 0 Å². The lowest BCUT2D eigenvalue weighted by atomic mass is 9.97. The minimum atomic E-state index is -3.96. The molecule has 3 rings (SSSR count). The van der Waals surface area contributed by atoms with Crippen molar-refractivity contribution >= 4 is 21.8 Å². The van der Waals surface area contributed by atoms with E-state index in [1.165, 1.54) is 0 Å². The fourth-order valence-corrected chi connectivity index (χ4v) is 5.49. The average molecular weight is 393 g/mol. The molecule has 27 heavy (non-hydrogen) atoms. The highest BCUT2D eigenvalue weighted by Crippen LogP contribution is 2.33. The third kappa shape index (κ3) is 4.03. The second-order valence-corrected chi connectivity index (χ2v) is 9.58. The standard InChI is InChI=1S/C20H28N2O4S/c1-12-10-13(2)15(4)18(14(12)3)27(25,26)21-19(23)17-6-5-9-22(11-17)20(24)16-7-8-16/h10,16-17H,5-9,11H2,1-4H3,(H,21,23). The Hall–Kier alpha value is -1.89. The number of likely N-dealkylation sites (tertiary alicyclic amines) is 1. The number of amides is 2.